The molecule has 9 heteroatoms. The van der Waals surface area contributed by atoms with Crippen LogP contribution >= 0.6 is 11.6 Å². The van der Waals surface area contributed by atoms with Crippen molar-refractivity contribution >= 4 is 21.6 Å². The molecule has 0 N–H and O–H groups in total. The summed E-state index contributed by atoms with van der Waals surface area (Å²) in [6.07, 6.45) is 4.99. The average Bonchev–Trinajstić information content (AvgIpc) is 3.12. The molecule has 1 aliphatic carbocycles. The minimum Gasteiger partial charge on any atom is -0.495 e. The molecule has 1 saturated carbocycles. The minimum atomic E-state index is -3.68. The van der Waals surface area contributed by atoms with Crippen molar-refractivity contribution in [3.05, 3.63) is 35.1 Å². The standard InChI is InChI=1S/C16H19ClN4O3S/c1-24-15-5-4-12(17)8-16(15)25(22,23)20-7-6-13(9-20)21-10-14(18-19-21)11-2-3-11/h4-5,8,10-11,13H,2-3,6-7,9H2,1H3. The van der Waals surface area contributed by atoms with Crippen molar-refractivity contribution in [2.45, 2.75) is 36.1 Å². The predicted octanol–water partition coefficient (Wildman–Crippen LogP) is 2.45. The van der Waals surface area contributed by atoms with Crippen molar-refractivity contribution in [3.63, 3.8) is 0 Å². The summed E-state index contributed by atoms with van der Waals surface area (Å²) in [6.45, 7) is 0.798. The maximum Gasteiger partial charge on any atom is 0.246 e. The molecule has 2 heterocycles. The molecule has 2 aromatic rings. The number of rotatable bonds is 5. The van der Waals surface area contributed by atoms with Crippen LogP contribution in [0, 0.1) is 0 Å². The Bertz CT molecular complexity index is 895. The topological polar surface area (TPSA) is 77.3 Å². The van der Waals surface area contributed by atoms with Gasteiger partial charge in [0, 0.05) is 30.2 Å². The number of ether oxygens (including phenoxy) is 1. The summed E-state index contributed by atoms with van der Waals surface area (Å²) in [5, 5.41) is 8.77. The van der Waals surface area contributed by atoms with E-state index in [1.807, 2.05) is 6.20 Å². The summed E-state index contributed by atoms with van der Waals surface area (Å²) in [4.78, 5) is 0.0976. The summed E-state index contributed by atoms with van der Waals surface area (Å²) in [6, 6.07) is 4.62. The minimum absolute atomic E-state index is 0.0000425. The Morgan fingerprint density at radius 1 is 1.28 bits per heavy atom. The molecule has 4 rings (SSSR count). The lowest BCUT2D eigenvalue weighted by Gasteiger charge is -2.18. The van der Waals surface area contributed by atoms with Crippen LogP contribution < -0.4 is 4.74 Å². The van der Waals surface area contributed by atoms with Crippen molar-refractivity contribution < 1.29 is 13.2 Å². The molecule has 1 saturated heterocycles. The van der Waals surface area contributed by atoms with E-state index >= 15 is 0 Å². The summed E-state index contributed by atoms with van der Waals surface area (Å²) in [5.74, 6) is 0.829. The van der Waals surface area contributed by atoms with Crippen LogP contribution in [0.4, 0.5) is 0 Å². The summed E-state index contributed by atoms with van der Waals surface area (Å²) < 4.78 is 34.5. The predicted molar refractivity (Wildman–Crippen MR) is 92.4 cm³/mol. The van der Waals surface area contributed by atoms with E-state index in [2.05, 4.69) is 10.3 Å². The molecule has 0 spiro atoms. The SMILES string of the molecule is COc1ccc(Cl)cc1S(=O)(=O)N1CCC(n2cc(C3CC3)nn2)C1. The third kappa shape index (κ3) is 3.14. The van der Waals surface area contributed by atoms with Crippen molar-refractivity contribution in [2.24, 2.45) is 0 Å². The lowest BCUT2D eigenvalue weighted by Crippen LogP contribution is -2.29. The Balaban J connectivity index is 1.56. The Labute approximate surface area is 151 Å². The lowest BCUT2D eigenvalue weighted by molar-refractivity contribution is 0.395. The van der Waals surface area contributed by atoms with E-state index in [0.29, 0.717) is 36.2 Å². The molecule has 0 radical (unpaired) electrons. The largest absolute Gasteiger partial charge is 0.495 e. The molecule has 1 aromatic heterocycles. The van der Waals surface area contributed by atoms with Crippen LogP contribution in [0.2, 0.25) is 5.02 Å². The molecule has 1 aromatic carbocycles. The first-order valence-corrected chi connectivity index (χ1v) is 10.1. The fourth-order valence-electron chi connectivity index (χ4n) is 3.17. The Morgan fingerprint density at radius 3 is 2.80 bits per heavy atom. The highest BCUT2D eigenvalue weighted by Gasteiger charge is 2.36. The smallest absolute Gasteiger partial charge is 0.246 e. The van der Waals surface area contributed by atoms with Crippen LogP contribution in [-0.2, 0) is 10.0 Å². The Hall–Kier alpha value is -1.64. The number of aromatic nitrogens is 3. The van der Waals surface area contributed by atoms with E-state index in [-0.39, 0.29) is 10.9 Å². The number of hydrogen-bond acceptors (Lipinski definition) is 5. The highest BCUT2D eigenvalue weighted by molar-refractivity contribution is 7.89. The first-order valence-electron chi connectivity index (χ1n) is 8.24. The van der Waals surface area contributed by atoms with Crippen LogP contribution in [0.5, 0.6) is 5.75 Å². The molecule has 134 valence electrons. The zero-order chi connectivity index (χ0) is 17.6. The molecular formula is C16H19ClN4O3S. The number of benzene rings is 1. The molecule has 2 fully saturated rings. The summed E-state index contributed by atoms with van der Waals surface area (Å²) in [7, 11) is -2.23. The first-order chi connectivity index (χ1) is 12.0. The van der Waals surface area contributed by atoms with E-state index < -0.39 is 10.0 Å². The molecule has 0 bridgehead atoms. The van der Waals surface area contributed by atoms with Gasteiger partial charge in [-0.25, -0.2) is 13.1 Å². The van der Waals surface area contributed by atoms with Crippen LogP contribution in [0.1, 0.15) is 36.9 Å². The van der Waals surface area contributed by atoms with Crippen molar-refractivity contribution in [3.8, 4) is 5.75 Å². The highest BCUT2D eigenvalue weighted by Crippen LogP contribution is 2.39. The monoisotopic (exact) mass is 382 g/mol. The van der Waals surface area contributed by atoms with E-state index in [1.165, 1.54) is 30.3 Å². The Kier molecular flexibility index (Phi) is 4.21. The van der Waals surface area contributed by atoms with Crippen LogP contribution in [0.15, 0.2) is 29.3 Å². The van der Waals surface area contributed by atoms with Gasteiger partial charge in [0.15, 0.2) is 0 Å². The maximum atomic E-state index is 13.0. The van der Waals surface area contributed by atoms with Gasteiger partial charge in [0.1, 0.15) is 10.6 Å². The van der Waals surface area contributed by atoms with E-state index in [9.17, 15) is 8.42 Å². The van der Waals surface area contributed by atoms with Gasteiger partial charge in [-0.15, -0.1) is 5.10 Å². The van der Waals surface area contributed by atoms with Gasteiger partial charge in [0.25, 0.3) is 0 Å². The molecular weight excluding hydrogens is 364 g/mol. The quantitative estimate of drug-likeness (QED) is 0.793. The second kappa shape index (κ2) is 6.26. The van der Waals surface area contributed by atoms with Gasteiger partial charge in [-0.05, 0) is 37.5 Å². The van der Waals surface area contributed by atoms with Crippen molar-refractivity contribution in [1.29, 1.82) is 0 Å². The third-order valence-electron chi connectivity index (χ3n) is 4.77. The average molecular weight is 383 g/mol. The van der Waals surface area contributed by atoms with E-state index in [4.69, 9.17) is 16.3 Å². The van der Waals surface area contributed by atoms with Crippen molar-refractivity contribution in [2.75, 3.05) is 20.2 Å². The van der Waals surface area contributed by atoms with Crippen LogP contribution in [0.25, 0.3) is 0 Å². The van der Waals surface area contributed by atoms with Crippen molar-refractivity contribution in [1.82, 2.24) is 19.3 Å². The van der Waals surface area contributed by atoms with E-state index in [1.54, 1.807) is 16.8 Å². The van der Waals surface area contributed by atoms with Gasteiger partial charge < -0.3 is 4.74 Å². The Morgan fingerprint density at radius 2 is 2.08 bits per heavy atom. The number of sulfonamides is 1. The fourth-order valence-corrected chi connectivity index (χ4v) is 5.08. The molecule has 1 unspecified atom stereocenters. The van der Waals surface area contributed by atoms with E-state index in [0.717, 1.165) is 5.69 Å². The zero-order valence-electron chi connectivity index (χ0n) is 13.8. The number of methoxy groups -OCH3 is 1. The van der Waals surface area contributed by atoms with Gasteiger partial charge >= 0.3 is 0 Å². The summed E-state index contributed by atoms with van der Waals surface area (Å²) in [5.41, 5.74) is 1.01. The van der Waals surface area contributed by atoms with Gasteiger partial charge in [-0.3, -0.25) is 0 Å². The third-order valence-corrected chi connectivity index (χ3v) is 6.89. The molecule has 0 amide bonds. The normalized spacial score (nSPS) is 21.6. The van der Waals surface area contributed by atoms with Gasteiger partial charge in [-0.1, -0.05) is 16.8 Å². The van der Waals surface area contributed by atoms with Gasteiger partial charge in [0.05, 0.1) is 18.8 Å². The molecule has 2 aliphatic rings. The number of nitrogens with zero attached hydrogens (tertiary/aromatic N) is 4. The molecule has 1 aliphatic heterocycles. The summed E-state index contributed by atoms with van der Waals surface area (Å²) >= 11 is 5.99. The number of halogens is 1. The molecule has 1 atom stereocenters. The van der Waals surface area contributed by atoms with Gasteiger partial charge in [-0.2, -0.15) is 4.31 Å². The molecule has 7 nitrogen and oxygen atoms in total. The highest BCUT2D eigenvalue weighted by atomic mass is 35.5. The lowest BCUT2D eigenvalue weighted by atomic mass is 10.2. The zero-order valence-corrected chi connectivity index (χ0v) is 15.4. The molecule has 25 heavy (non-hydrogen) atoms. The second-order valence-electron chi connectivity index (χ2n) is 6.50. The van der Waals surface area contributed by atoms with Crippen LogP contribution in [-0.4, -0.2) is 47.9 Å². The van der Waals surface area contributed by atoms with Gasteiger partial charge in [0.2, 0.25) is 10.0 Å². The second-order valence-corrected chi connectivity index (χ2v) is 8.84. The first kappa shape index (κ1) is 16.8. The fraction of sp³-hybridized carbons (Fsp3) is 0.500. The maximum absolute atomic E-state index is 13.0. The number of hydrogen-bond donors (Lipinski definition) is 0. The van der Waals surface area contributed by atoms with Crippen LogP contribution in [0.3, 0.4) is 0 Å².